The molecular weight excluding hydrogens is 839 g/mol. The van der Waals surface area contributed by atoms with Crippen LogP contribution in [0.5, 0.6) is 0 Å². The molecule has 0 amide bonds. The summed E-state index contributed by atoms with van der Waals surface area (Å²) in [5.41, 5.74) is -5.79. The zero-order chi connectivity index (χ0) is 45.0. The van der Waals surface area contributed by atoms with Gasteiger partial charge in [0.2, 0.25) is 0 Å². The molecule has 9 rings (SSSR count). The van der Waals surface area contributed by atoms with Crippen LogP contribution < -0.4 is 0 Å². The first-order valence-electron chi connectivity index (χ1n) is 22.9. The molecule has 0 bridgehead atoms. The number of carbonyl (C=O) groups is 6. The Hall–Kier alpha value is -2.90. The maximum Gasteiger partial charge on any atom is 0.319 e. The minimum absolute atomic E-state index is 0.0113. The molecule has 6 fully saturated rings. The third kappa shape index (κ3) is 6.67. The Labute approximate surface area is 374 Å². The summed E-state index contributed by atoms with van der Waals surface area (Å²) < 4.78 is 16.2. The molecule has 0 aromatic carbocycles. The number of Topliss-reactive ketones (excluding diaryl/α,β-unsaturated/α-hetero) is 3. The van der Waals surface area contributed by atoms with Crippen molar-refractivity contribution in [1.82, 2.24) is 0 Å². The number of esters is 3. The summed E-state index contributed by atoms with van der Waals surface area (Å²) in [6.07, 6.45) is 20.1. The molecule has 15 atom stereocenters. The number of fused-ring (bicyclic) bond motifs is 3. The van der Waals surface area contributed by atoms with Gasteiger partial charge >= 0.3 is 17.9 Å². The fraction of sp³-hybridized carbons (Fsp3) is 0.750. The van der Waals surface area contributed by atoms with E-state index in [9.17, 15) is 44.1 Å². The van der Waals surface area contributed by atoms with Crippen LogP contribution in [-0.2, 0) is 43.0 Å². The van der Waals surface area contributed by atoms with Crippen LogP contribution in [0.3, 0.4) is 0 Å². The molecule has 62 heavy (non-hydrogen) atoms. The number of aliphatic hydroxyl groups excluding tert-OH is 3. The van der Waals surface area contributed by atoms with Crippen molar-refractivity contribution >= 4 is 58.5 Å². The number of aliphatic hydroxyl groups is 3. The van der Waals surface area contributed by atoms with Gasteiger partial charge in [-0.3, -0.25) is 28.8 Å². The number of rotatable bonds is 11. The predicted molar refractivity (Wildman–Crippen MR) is 229 cm³/mol. The maximum atomic E-state index is 12.3. The highest BCUT2D eigenvalue weighted by atomic mass is 35.5. The van der Waals surface area contributed by atoms with Gasteiger partial charge in [-0.1, -0.05) is 43.4 Å². The molecule has 0 spiro atoms. The molecule has 9 aliphatic rings. The molecule has 3 N–H and O–H groups in total. The largest absolute Gasteiger partial charge is 0.457 e. The summed E-state index contributed by atoms with van der Waals surface area (Å²) in [5, 5.41) is 32.5. The smallest absolute Gasteiger partial charge is 0.319 e. The number of alkyl halides is 2. The number of halogens is 2. The number of ketones is 3. The van der Waals surface area contributed by atoms with Crippen LogP contribution in [0.25, 0.3) is 0 Å². The van der Waals surface area contributed by atoms with Gasteiger partial charge < -0.3 is 29.5 Å². The van der Waals surface area contributed by atoms with E-state index in [0.717, 1.165) is 57.8 Å². The standard InChI is InChI=1S/2C16H21ClO4.C16H22O4/c2*1-15-11(7-8-17)12(18)9-16(15,14(20)21-15)13(19)10-5-3-2-4-6-10;1-3-11-12(17)9-16(14(19)20-15(11,16)2)13(18)10-7-5-4-6-8-10/h2*3,5,10-11,13,19H,2,4,6-9H2,1H3;5,7,10-11,13,18H,3-4,6,8-9H2,1-2H3/t10-,11+,13+,15+,16-;10-,11-,13+,15+,16-;10-,11+,13+,15+,16-/m111/s1. The van der Waals surface area contributed by atoms with Gasteiger partial charge in [-0.2, -0.15) is 0 Å². The molecule has 3 saturated carbocycles. The maximum absolute atomic E-state index is 12.3. The van der Waals surface area contributed by atoms with Crippen molar-refractivity contribution in [2.75, 3.05) is 11.8 Å². The van der Waals surface area contributed by atoms with Crippen LogP contribution in [0.4, 0.5) is 0 Å². The van der Waals surface area contributed by atoms with E-state index >= 15 is 0 Å². The van der Waals surface area contributed by atoms with Crippen LogP contribution in [0, 0.1) is 51.8 Å². The molecule has 0 unspecified atom stereocenters. The average Bonchev–Trinajstić information content (AvgIpc) is 3.65. The summed E-state index contributed by atoms with van der Waals surface area (Å²) in [7, 11) is 0. The molecule has 3 heterocycles. The zero-order valence-electron chi connectivity index (χ0n) is 36.5. The van der Waals surface area contributed by atoms with Crippen molar-refractivity contribution in [3.8, 4) is 0 Å². The molecule has 0 aromatic rings. The number of carbonyl (C=O) groups excluding carboxylic acids is 6. The van der Waals surface area contributed by atoms with E-state index in [1.165, 1.54) is 0 Å². The average molecular weight is 904 g/mol. The quantitative estimate of drug-likeness (QED) is 0.0891. The zero-order valence-corrected chi connectivity index (χ0v) is 38.0. The Balaban J connectivity index is 0.000000140. The molecule has 342 valence electrons. The van der Waals surface area contributed by atoms with Gasteiger partial charge in [0.25, 0.3) is 0 Å². The first-order valence-corrected chi connectivity index (χ1v) is 23.9. The van der Waals surface area contributed by atoms with Crippen LogP contribution in [0.1, 0.15) is 124 Å². The summed E-state index contributed by atoms with van der Waals surface area (Å²) in [4.78, 5) is 73.6. The van der Waals surface area contributed by atoms with E-state index in [1.54, 1.807) is 13.8 Å². The van der Waals surface area contributed by atoms with E-state index in [1.807, 2.05) is 44.2 Å². The van der Waals surface area contributed by atoms with Gasteiger partial charge in [0.15, 0.2) is 0 Å². The molecular formula is C48H64Cl2O12. The lowest BCUT2D eigenvalue weighted by Gasteiger charge is -2.55. The third-order valence-electron chi connectivity index (χ3n) is 17.0. The normalized spacial score (nSPS) is 43.7. The molecule has 0 radical (unpaired) electrons. The lowest BCUT2D eigenvalue weighted by Crippen LogP contribution is -2.70. The van der Waals surface area contributed by atoms with Crippen molar-refractivity contribution in [1.29, 1.82) is 0 Å². The highest BCUT2D eigenvalue weighted by molar-refractivity contribution is 6.18. The van der Waals surface area contributed by atoms with E-state index in [-0.39, 0.29) is 60.3 Å². The summed E-state index contributed by atoms with van der Waals surface area (Å²) in [5.74, 6) is -1.78. The molecule has 0 aromatic heterocycles. The van der Waals surface area contributed by atoms with Crippen molar-refractivity contribution in [2.45, 2.75) is 159 Å². The topological polar surface area (TPSA) is 191 Å². The Morgan fingerprint density at radius 2 is 0.839 bits per heavy atom. The molecule has 3 aliphatic heterocycles. The second kappa shape index (κ2) is 17.5. The van der Waals surface area contributed by atoms with Gasteiger partial charge in [-0.25, -0.2) is 0 Å². The van der Waals surface area contributed by atoms with Gasteiger partial charge in [0.05, 0.1) is 36.1 Å². The van der Waals surface area contributed by atoms with Crippen LogP contribution in [-0.4, -0.2) is 97.5 Å². The van der Waals surface area contributed by atoms with E-state index in [0.29, 0.717) is 31.0 Å². The molecule has 6 aliphatic carbocycles. The second-order valence-electron chi connectivity index (χ2n) is 19.8. The number of hydrogen-bond acceptors (Lipinski definition) is 12. The third-order valence-corrected chi connectivity index (χ3v) is 17.4. The number of allylic oxidation sites excluding steroid dienone is 3. The first-order chi connectivity index (χ1) is 29.4. The fourth-order valence-corrected chi connectivity index (χ4v) is 13.7. The van der Waals surface area contributed by atoms with E-state index < -0.39 is 81.1 Å². The SMILES string of the molecule is CC[C@H]1C(=O)C[C@@]2([C@@H](O)[C@@H]3C=CCCC3)C(=O)O[C@@]12C.C[C@@]12OC(=O)[C@]1([C@@H](O)[C@@H]1C=CCCC1)CC(=O)[C@@H]2CCCl.C[C@@]12OC(=O)[C@]1([C@@H](O)[C@@H]1C=CCCC1)CC(=O)[C@H]2CCCl. The Bertz CT molecular complexity index is 1820. The van der Waals surface area contributed by atoms with Crippen LogP contribution in [0.2, 0.25) is 0 Å². The fourth-order valence-electron chi connectivity index (χ4n) is 13.3. The monoisotopic (exact) mass is 902 g/mol. The highest BCUT2D eigenvalue weighted by Crippen LogP contribution is 2.65. The second-order valence-corrected chi connectivity index (χ2v) is 20.5. The van der Waals surface area contributed by atoms with Crippen molar-refractivity contribution in [3.63, 3.8) is 0 Å². The molecule has 3 saturated heterocycles. The van der Waals surface area contributed by atoms with Crippen molar-refractivity contribution in [2.24, 2.45) is 51.8 Å². The van der Waals surface area contributed by atoms with Crippen molar-refractivity contribution in [3.05, 3.63) is 36.5 Å². The Morgan fingerprint density at radius 3 is 1.08 bits per heavy atom. The van der Waals surface area contributed by atoms with Crippen LogP contribution in [0.15, 0.2) is 36.5 Å². The minimum Gasteiger partial charge on any atom is -0.457 e. The van der Waals surface area contributed by atoms with Gasteiger partial charge in [0.1, 0.15) is 50.4 Å². The number of ether oxygens (including phenoxy) is 3. The van der Waals surface area contributed by atoms with E-state index in [4.69, 9.17) is 37.4 Å². The number of hydrogen-bond donors (Lipinski definition) is 3. The Kier molecular flexibility index (Phi) is 13.3. The van der Waals surface area contributed by atoms with Crippen molar-refractivity contribution < 1.29 is 58.3 Å². The Morgan fingerprint density at radius 1 is 0.548 bits per heavy atom. The lowest BCUT2D eigenvalue weighted by atomic mass is 9.60. The lowest BCUT2D eigenvalue weighted by molar-refractivity contribution is -0.263. The molecule has 12 nitrogen and oxygen atoms in total. The summed E-state index contributed by atoms with van der Waals surface area (Å²) in [6, 6.07) is 0. The summed E-state index contributed by atoms with van der Waals surface area (Å²) in [6.45, 7) is 7.32. The summed E-state index contributed by atoms with van der Waals surface area (Å²) >= 11 is 11.6. The minimum atomic E-state index is -1.08. The van der Waals surface area contributed by atoms with Gasteiger partial charge in [0, 0.05) is 48.8 Å². The van der Waals surface area contributed by atoms with Crippen LogP contribution >= 0.6 is 23.2 Å². The van der Waals surface area contributed by atoms with E-state index in [2.05, 4.69) is 6.08 Å². The van der Waals surface area contributed by atoms with Gasteiger partial charge in [-0.05, 0) is 97.8 Å². The van der Waals surface area contributed by atoms with Gasteiger partial charge in [-0.15, -0.1) is 23.2 Å². The molecule has 14 heteroatoms. The highest BCUT2D eigenvalue weighted by Gasteiger charge is 2.81. The first kappa shape index (κ1) is 47.1. The predicted octanol–water partition coefficient (Wildman–Crippen LogP) is 6.45.